The molecule has 0 spiro atoms. The van der Waals surface area contributed by atoms with Gasteiger partial charge in [-0.2, -0.15) is 12.2 Å². The van der Waals surface area contributed by atoms with Crippen molar-refractivity contribution >= 4 is 47.3 Å². The topological polar surface area (TPSA) is 18.5 Å². The van der Waals surface area contributed by atoms with Gasteiger partial charge in [-0.1, -0.05) is 24.3 Å². The van der Waals surface area contributed by atoms with Crippen molar-refractivity contribution in [2.24, 2.45) is 0 Å². The Morgan fingerprint density at radius 3 is 2.37 bits per heavy atom. The van der Waals surface area contributed by atoms with Gasteiger partial charge in [-0.15, -0.1) is 47.1 Å². The summed E-state index contributed by atoms with van der Waals surface area (Å²) in [5, 5.41) is 3.25. The monoisotopic (exact) mass is 553 g/mol. The van der Waals surface area contributed by atoms with E-state index in [1.54, 1.807) is 30.0 Å². The first-order valence-corrected chi connectivity index (χ1v) is 12.0. The van der Waals surface area contributed by atoms with Crippen molar-refractivity contribution in [1.29, 1.82) is 0 Å². The Kier molecular flexibility index (Phi) is 13.3. The quantitative estimate of drug-likeness (QED) is 0.183. The van der Waals surface area contributed by atoms with Gasteiger partial charge in [0.2, 0.25) is 0 Å². The van der Waals surface area contributed by atoms with Crippen molar-refractivity contribution in [3.8, 4) is 0 Å². The SMILES string of the molecule is CSN1[CH-]N(SC)CC1.[CH-]=Cc1cc(F)ccc1CNc1ccccc1C(C)Cl.[Ru+2]. The molecule has 1 aliphatic rings. The van der Waals surface area contributed by atoms with Crippen LogP contribution in [0.15, 0.2) is 42.5 Å². The van der Waals surface area contributed by atoms with Gasteiger partial charge in [0.05, 0.1) is 5.38 Å². The summed E-state index contributed by atoms with van der Waals surface area (Å²) in [6, 6.07) is 12.5. The van der Waals surface area contributed by atoms with E-state index in [1.807, 2.05) is 31.2 Å². The first-order chi connectivity index (χ1) is 14.0. The first-order valence-electron chi connectivity index (χ1n) is 9.25. The van der Waals surface area contributed by atoms with Crippen LogP contribution >= 0.6 is 35.5 Å². The van der Waals surface area contributed by atoms with E-state index >= 15 is 0 Å². The third kappa shape index (κ3) is 8.53. The fraction of sp³-hybridized carbons (Fsp3) is 0.318. The molecule has 2 aromatic rings. The number of hydrogen-bond acceptors (Lipinski definition) is 5. The van der Waals surface area contributed by atoms with Crippen molar-refractivity contribution in [1.82, 2.24) is 8.61 Å². The third-order valence-corrected chi connectivity index (χ3v) is 6.14. The minimum Gasteiger partial charge on any atom is -0.386 e. The summed E-state index contributed by atoms with van der Waals surface area (Å²) in [5.41, 5.74) is 3.64. The van der Waals surface area contributed by atoms with E-state index in [0.29, 0.717) is 12.1 Å². The van der Waals surface area contributed by atoms with E-state index in [9.17, 15) is 4.39 Å². The second kappa shape index (κ2) is 14.5. The predicted molar refractivity (Wildman–Crippen MR) is 128 cm³/mol. The molecule has 1 heterocycles. The van der Waals surface area contributed by atoms with Gasteiger partial charge in [-0.3, -0.25) is 6.58 Å². The van der Waals surface area contributed by atoms with Gasteiger partial charge in [0.1, 0.15) is 5.82 Å². The molecular formula is C22H27ClFN3RuS2. The second-order valence-electron chi connectivity index (χ2n) is 6.33. The number of nitrogens with zero attached hydrogens (tertiary/aromatic N) is 2. The average Bonchev–Trinajstić information content (AvgIpc) is 3.22. The van der Waals surface area contributed by atoms with Crippen molar-refractivity contribution < 1.29 is 23.9 Å². The predicted octanol–water partition coefficient (Wildman–Crippen LogP) is 6.46. The van der Waals surface area contributed by atoms with E-state index in [1.165, 1.54) is 18.2 Å². The molecule has 3 rings (SSSR count). The maximum atomic E-state index is 13.2. The zero-order chi connectivity index (χ0) is 21.2. The molecule has 0 amide bonds. The normalized spacial score (nSPS) is 15.0. The molecule has 0 bridgehead atoms. The smallest absolute Gasteiger partial charge is 0.386 e. The number of rotatable bonds is 7. The van der Waals surface area contributed by atoms with Crippen LogP contribution in [0.2, 0.25) is 0 Å². The molecule has 1 saturated heterocycles. The Morgan fingerprint density at radius 2 is 1.83 bits per heavy atom. The third-order valence-electron chi connectivity index (χ3n) is 4.41. The van der Waals surface area contributed by atoms with Crippen molar-refractivity contribution in [2.75, 3.05) is 30.9 Å². The molecule has 0 aliphatic carbocycles. The molecule has 0 radical (unpaired) electrons. The van der Waals surface area contributed by atoms with Gasteiger partial charge in [-0.25, -0.2) is 10.5 Å². The molecule has 3 nitrogen and oxygen atoms in total. The molecule has 1 N–H and O–H groups in total. The second-order valence-corrected chi connectivity index (χ2v) is 8.65. The minimum atomic E-state index is -0.291. The van der Waals surface area contributed by atoms with Crippen LogP contribution in [0.5, 0.6) is 0 Å². The van der Waals surface area contributed by atoms with Gasteiger partial charge in [0.15, 0.2) is 0 Å². The van der Waals surface area contributed by atoms with Gasteiger partial charge in [0, 0.05) is 12.2 Å². The molecule has 164 valence electrons. The fourth-order valence-electron chi connectivity index (χ4n) is 2.81. The zero-order valence-corrected chi connectivity index (χ0v) is 21.4. The molecular weight excluding hydrogens is 526 g/mol. The van der Waals surface area contributed by atoms with Crippen LogP contribution in [0.3, 0.4) is 0 Å². The largest absolute Gasteiger partial charge is 2.00 e. The minimum absolute atomic E-state index is 0. The van der Waals surface area contributed by atoms with Gasteiger partial charge in [0.25, 0.3) is 0 Å². The summed E-state index contributed by atoms with van der Waals surface area (Å²) in [5.74, 6) is -0.291. The number of anilines is 1. The van der Waals surface area contributed by atoms with E-state index in [0.717, 1.165) is 29.9 Å². The van der Waals surface area contributed by atoms with Crippen LogP contribution in [0.4, 0.5) is 10.1 Å². The van der Waals surface area contributed by atoms with Crippen LogP contribution in [-0.4, -0.2) is 34.2 Å². The van der Waals surface area contributed by atoms with E-state index in [4.69, 9.17) is 18.2 Å². The van der Waals surface area contributed by atoms with Gasteiger partial charge < -0.3 is 13.9 Å². The molecule has 0 saturated carbocycles. The van der Waals surface area contributed by atoms with E-state index in [2.05, 4.69) is 33.1 Å². The van der Waals surface area contributed by atoms with Gasteiger partial charge >= 0.3 is 19.5 Å². The van der Waals surface area contributed by atoms with Crippen LogP contribution in [-0.2, 0) is 26.0 Å². The van der Waals surface area contributed by atoms with Crippen LogP contribution in [0, 0.1) is 19.1 Å². The van der Waals surface area contributed by atoms with Crippen LogP contribution in [0.1, 0.15) is 29.0 Å². The molecule has 1 fully saturated rings. The summed E-state index contributed by atoms with van der Waals surface area (Å²) in [4.78, 5) is 0. The molecule has 8 heteroatoms. The molecule has 0 aromatic heterocycles. The van der Waals surface area contributed by atoms with Crippen LogP contribution < -0.4 is 5.32 Å². The zero-order valence-electron chi connectivity index (χ0n) is 17.3. The number of para-hydroxylation sites is 1. The summed E-state index contributed by atoms with van der Waals surface area (Å²) in [7, 11) is 0. The molecule has 2 aromatic carbocycles. The Morgan fingerprint density at radius 1 is 1.20 bits per heavy atom. The molecule has 1 aliphatic heterocycles. The number of alkyl halides is 1. The standard InChI is InChI=1S/C17H16ClFN.C5H11N2S2.Ru/c1-3-13-10-15(19)9-8-14(13)11-20-17-7-5-4-6-16(17)12(2)18;1-8-6-3-4-7(5-6)9-2;/h1,3-10,12,20H,11H2,2H3;5H,3-4H2,1-2H3;/q2*-1;+2. The van der Waals surface area contributed by atoms with E-state index < -0.39 is 0 Å². The fourth-order valence-corrected chi connectivity index (χ4v) is 4.00. The Hall–Kier alpha value is -0.557. The van der Waals surface area contributed by atoms with Crippen molar-refractivity contribution in [3.05, 3.63) is 78.2 Å². The molecule has 1 atom stereocenters. The number of hydrogen-bond donors (Lipinski definition) is 1. The maximum Gasteiger partial charge on any atom is 2.00 e. The van der Waals surface area contributed by atoms with Crippen molar-refractivity contribution in [2.45, 2.75) is 18.8 Å². The van der Waals surface area contributed by atoms with Crippen LogP contribution in [0.25, 0.3) is 6.08 Å². The summed E-state index contributed by atoms with van der Waals surface area (Å²) in [6.07, 6.45) is 5.61. The Labute approximate surface area is 206 Å². The molecule has 1 unspecified atom stereocenters. The Bertz CT molecular complexity index is 785. The first kappa shape index (κ1) is 27.5. The summed E-state index contributed by atoms with van der Waals surface area (Å²) < 4.78 is 17.6. The summed E-state index contributed by atoms with van der Waals surface area (Å²) >= 11 is 9.70. The van der Waals surface area contributed by atoms with Gasteiger partial charge in [-0.05, 0) is 50.2 Å². The Balaban J connectivity index is 0.000000379. The number of halogens is 2. The number of nitrogens with one attached hydrogen (secondary N) is 1. The summed E-state index contributed by atoms with van der Waals surface area (Å²) in [6.45, 7) is 12.5. The maximum absolute atomic E-state index is 13.2. The molecule has 30 heavy (non-hydrogen) atoms. The van der Waals surface area contributed by atoms with Crippen molar-refractivity contribution in [3.63, 3.8) is 0 Å². The average molecular weight is 553 g/mol. The van der Waals surface area contributed by atoms with E-state index in [-0.39, 0.29) is 30.7 Å². The number of benzene rings is 2.